The molecule has 1 aromatic carbocycles. The van der Waals surface area contributed by atoms with Gasteiger partial charge in [0.2, 0.25) is 0 Å². The molecule has 1 heterocycles. The summed E-state index contributed by atoms with van der Waals surface area (Å²) in [7, 11) is -3.36. The topological polar surface area (TPSA) is 51.2 Å². The molecule has 0 radical (unpaired) electrons. The predicted molar refractivity (Wildman–Crippen MR) is 52.5 cm³/mol. The van der Waals surface area contributed by atoms with Crippen molar-refractivity contribution in [2.24, 2.45) is 0 Å². The molecule has 3 nitrogen and oxygen atoms in total. The summed E-state index contributed by atoms with van der Waals surface area (Å²) in [6.45, 7) is 0. The molecule has 0 aromatic heterocycles. The Morgan fingerprint density at radius 1 is 1.29 bits per heavy atom. The SMILES string of the molecule is O=C1CCS(=O)(=O)c2c(Cl)cccc21. The van der Waals surface area contributed by atoms with Crippen LogP contribution < -0.4 is 0 Å². The number of ketones is 1. The van der Waals surface area contributed by atoms with E-state index in [0.29, 0.717) is 0 Å². The number of sulfone groups is 1. The smallest absolute Gasteiger partial charge is 0.181 e. The molecule has 0 aliphatic carbocycles. The van der Waals surface area contributed by atoms with Crippen LogP contribution in [-0.4, -0.2) is 20.0 Å². The van der Waals surface area contributed by atoms with E-state index >= 15 is 0 Å². The zero-order valence-corrected chi connectivity index (χ0v) is 8.73. The lowest BCUT2D eigenvalue weighted by atomic mass is 10.1. The standard InChI is InChI=1S/C9H7ClO3S/c10-7-3-1-2-6-8(11)4-5-14(12,13)9(6)7/h1-3H,4-5H2. The van der Waals surface area contributed by atoms with Gasteiger partial charge in [-0.15, -0.1) is 0 Å². The van der Waals surface area contributed by atoms with Crippen molar-refractivity contribution in [1.29, 1.82) is 0 Å². The lowest BCUT2D eigenvalue weighted by Crippen LogP contribution is -2.21. The summed E-state index contributed by atoms with van der Waals surface area (Å²) in [5, 5.41) is 0.135. The van der Waals surface area contributed by atoms with Crippen molar-refractivity contribution in [1.82, 2.24) is 0 Å². The van der Waals surface area contributed by atoms with E-state index < -0.39 is 9.84 Å². The zero-order chi connectivity index (χ0) is 10.3. The molecule has 1 aliphatic heterocycles. The highest BCUT2D eigenvalue weighted by molar-refractivity contribution is 7.91. The molecule has 0 unspecified atom stereocenters. The van der Waals surface area contributed by atoms with Crippen LogP contribution in [0.5, 0.6) is 0 Å². The zero-order valence-electron chi connectivity index (χ0n) is 7.16. The Kier molecular flexibility index (Phi) is 2.12. The first-order chi connectivity index (χ1) is 6.52. The minimum absolute atomic E-state index is 0.00193. The summed E-state index contributed by atoms with van der Waals surface area (Å²) >= 11 is 5.76. The summed E-state index contributed by atoms with van der Waals surface area (Å²) in [6.07, 6.45) is 0.0513. The fraction of sp³-hybridized carbons (Fsp3) is 0.222. The number of carbonyl (C=O) groups excluding carboxylic acids is 1. The Bertz CT molecular complexity index is 505. The number of hydrogen-bond donors (Lipinski definition) is 0. The van der Waals surface area contributed by atoms with Crippen LogP contribution in [0.4, 0.5) is 0 Å². The normalized spacial score (nSPS) is 19.1. The van der Waals surface area contributed by atoms with Crippen molar-refractivity contribution in [3.8, 4) is 0 Å². The molecule has 0 atom stereocenters. The Hall–Kier alpha value is -0.870. The fourth-order valence-corrected chi connectivity index (χ4v) is 3.58. The second-order valence-electron chi connectivity index (χ2n) is 3.11. The van der Waals surface area contributed by atoms with E-state index in [9.17, 15) is 13.2 Å². The van der Waals surface area contributed by atoms with Gasteiger partial charge in [0.15, 0.2) is 15.6 Å². The van der Waals surface area contributed by atoms with Gasteiger partial charge in [-0.1, -0.05) is 17.7 Å². The van der Waals surface area contributed by atoms with E-state index in [1.807, 2.05) is 0 Å². The first-order valence-corrected chi connectivity index (χ1v) is 6.10. The largest absolute Gasteiger partial charge is 0.294 e. The molecule has 0 spiro atoms. The highest BCUT2D eigenvalue weighted by Gasteiger charge is 2.30. The molecule has 74 valence electrons. The number of halogens is 1. The maximum Gasteiger partial charge on any atom is 0.181 e. The lowest BCUT2D eigenvalue weighted by molar-refractivity contribution is 0.0983. The van der Waals surface area contributed by atoms with Crippen molar-refractivity contribution in [2.75, 3.05) is 5.75 Å². The van der Waals surface area contributed by atoms with E-state index in [0.717, 1.165) is 0 Å². The number of rotatable bonds is 0. The molecule has 2 rings (SSSR count). The Balaban J connectivity index is 2.83. The van der Waals surface area contributed by atoms with Crippen molar-refractivity contribution < 1.29 is 13.2 Å². The number of fused-ring (bicyclic) bond motifs is 1. The number of carbonyl (C=O) groups is 1. The third-order valence-corrected chi connectivity index (χ3v) is 4.41. The molecule has 0 amide bonds. The second-order valence-corrected chi connectivity index (χ2v) is 5.56. The van der Waals surface area contributed by atoms with Gasteiger partial charge in [0.1, 0.15) is 0 Å². The van der Waals surface area contributed by atoms with E-state index in [4.69, 9.17) is 11.6 Å². The molecule has 0 saturated carbocycles. The predicted octanol–water partition coefficient (Wildman–Crippen LogP) is 1.70. The van der Waals surface area contributed by atoms with Gasteiger partial charge in [0.05, 0.1) is 15.7 Å². The maximum atomic E-state index is 11.6. The molecule has 0 N–H and O–H groups in total. The molecule has 14 heavy (non-hydrogen) atoms. The van der Waals surface area contributed by atoms with Crippen LogP contribution in [0, 0.1) is 0 Å². The molecular weight excluding hydrogens is 224 g/mol. The second kappa shape index (κ2) is 3.07. The van der Waals surface area contributed by atoms with Crippen molar-refractivity contribution in [3.63, 3.8) is 0 Å². The Morgan fingerprint density at radius 3 is 2.64 bits per heavy atom. The van der Waals surface area contributed by atoms with Gasteiger partial charge in [-0.3, -0.25) is 4.79 Å². The third-order valence-electron chi connectivity index (χ3n) is 2.18. The molecular formula is C9H7ClO3S. The van der Waals surface area contributed by atoms with Crippen LogP contribution in [0.15, 0.2) is 23.1 Å². The minimum atomic E-state index is -3.36. The van der Waals surface area contributed by atoms with Gasteiger partial charge in [-0.05, 0) is 12.1 Å². The van der Waals surface area contributed by atoms with Crippen molar-refractivity contribution in [2.45, 2.75) is 11.3 Å². The molecule has 5 heteroatoms. The van der Waals surface area contributed by atoms with Crippen molar-refractivity contribution >= 4 is 27.2 Å². The van der Waals surface area contributed by atoms with Gasteiger partial charge < -0.3 is 0 Å². The highest BCUT2D eigenvalue weighted by Crippen LogP contribution is 2.31. The van der Waals surface area contributed by atoms with Crippen molar-refractivity contribution in [3.05, 3.63) is 28.8 Å². The average molecular weight is 231 g/mol. The number of benzene rings is 1. The quantitative estimate of drug-likeness (QED) is 0.682. The summed E-state index contributed by atoms with van der Waals surface area (Å²) in [5.41, 5.74) is 0.226. The molecule has 0 fully saturated rings. The summed E-state index contributed by atoms with van der Waals surface area (Å²) < 4.78 is 23.2. The van der Waals surface area contributed by atoms with Crippen LogP contribution in [0.2, 0.25) is 5.02 Å². The van der Waals surface area contributed by atoms with E-state index in [2.05, 4.69) is 0 Å². The summed E-state index contributed by atoms with van der Waals surface area (Å²) in [5.74, 6) is -0.292. The highest BCUT2D eigenvalue weighted by atomic mass is 35.5. The third kappa shape index (κ3) is 1.35. The van der Waals surface area contributed by atoms with Crippen LogP contribution in [0.25, 0.3) is 0 Å². The monoisotopic (exact) mass is 230 g/mol. The first-order valence-electron chi connectivity index (χ1n) is 4.07. The molecule has 1 aromatic rings. The van der Waals surface area contributed by atoms with Gasteiger partial charge >= 0.3 is 0 Å². The van der Waals surface area contributed by atoms with Crippen LogP contribution in [-0.2, 0) is 9.84 Å². The molecule has 1 aliphatic rings. The molecule has 0 bridgehead atoms. The number of Topliss-reactive ketones (excluding diaryl/α,β-unsaturated/α-hetero) is 1. The van der Waals surface area contributed by atoms with E-state index in [1.54, 1.807) is 6.07 Å². The first kappa shape index (κ1) is 9.68. The Morgan fingerprint density at radius 2 is 2.00 bits per heavy atom. The van der Waals surface area contributed by atoms with Crippen LogP contribution in [0.1, 0.15) is 16.8 Å². The summed E-state index contributed by atoms with van der Waals surface area (Å²) in [6, 6.07) is 4.57. The summed E-state index contributed by atoms with van der Waals surface area (Å²) in [4.78, 5) is 11.4. The number of hydrogen-bond acceptors (Lipinski definition) is 3. The maximum absolute atomic E-state index is 11.6. The fourth-order valence-electron chi connectivity index (χ4n) is 1.51. The van der Waals surface area contributed by atoms with Gasteiger partial charge in [-0.2, -0.15) is 0 Å². The average Bonchev–Trinajstić information content (AvgIpc) is 2.12. The van der Waals surface area contributed by atoms with E-state index in [1.165, 1.54) is 12.1 Å². The molecule has 0 saturated heterocycles. The minimum Gasteiger partial charge on any atom is -0.294 e. The van der Waals surface area contributed by atoms with Crippen LogP contribution in [0.3, 0.4) is 0 Å². The van der Waals surface area contributed by atoms with Gasteiger partial charge in [-0.25, -0.2) is 8.42 Å². The van der Waals surface area contributed by atoms with Gasteiger partial charge in [0.25, 0.3) is 0 Å². The van der Waals surface area contributed by atoms with Crippen LogP contribution >= 0.6 is 11.6 Å². The van der Waals surface area contributed by atoms with Gasteiger partial charge in [0, 0.05) is 12.0 Å². The van der Waals surface area contributed by atoms with E-state index in [-0.39, 0.29) is 33.4 Å². The Labute approximate surface area is 86.6 Å². The lowest BCUT2D eigenvalue weighted by Gasteiger charge is -2.15.